The highest BCUT2D eigenvalue weighted by atomic mass is 16.1. The van der Waals surface area contributed by atoms with Crippen LogP contribution in [0.1, 0.15) is 34.8 Å². The molecule has 2 aromatic rings. The summed E-state index contributed by atoms with van der Waals surface area (Å²) in [6.45, 7) is 2.09. The first-order valence-electron chi connectivity index (χ1n) is 6.02. The Balaban J connectivity index is 2.02. The van der Waals surface area contributed by atoms with Crippen LogP contribution in [0, 0.1) is 11.8 Å². The summed E-state index contributed by atoms with van der Waals surface area (Å²) in [4.78, 5) is 20.0. The summed E-state index contributed by atoms with van der Waals surface area (Å²) in [6.07, 6.45) is 2.93. The van der Waals surface area contributed by atoms with Crippen molar-refractivity contribution in [1.29, 1.82) is 0 Å². The van der Waals surface area contributed by atoms with Gasteiger partial charge in [0.25, 0.3) is 5.91 Å². The first kappa shape index (κ1) is 13.7. The summed E-state index contributed by atoms with van der Waals surface area (Å²) in [5, 5.41) is 9.20. The van der Waals surface area contributed by atoms with E-state index in [2.05, 4.69) is 37.3 Å². The molecule has 1 unspecified atom stereocenters. The average Bonchev–Trinajstić information content (AvgIpc) is 3.00. The van der Waals surface area contributed by atoms with Crippen LogP contribution in [0.2, 0.25) is 0 Å². The Morgan fingerprint density at radius 2 is 2.35 bits per heavy atom. The number of nitrogens with one attached hydrogen (secondary N) is 2. The van der Waals surface area contributed by atoms with E-state index in [-0.39, 0.29) is 18.5 Å². The molecule has 7 nitrogen and oxygen atoms in total. The average molecular weight is 270 g/mol. The third-order valence-electron chi connectivity index (χ3n) is 2.52. The summed E-state index contributed by atoms with van der Waals surface area (Å²) in [5.41, 5.74) is 6.32. The Morgan fingerprint density at radius 3 is 2.95 bits per heavy atom. The second-order valence-electron chi connectivity index (χ2n) is 4.00. The Hall–Kier alpha value is -2.72. The van der Waals surface area contributed by atoms with Gasteiger partial charge in [-0.15, -0.1) is 0 Å². The van der Waals surface area contributed by atoms with Crippen molar-refractivity contribution in [2.45, 2.75) is 13.0 Å². The third kappa shape index (κ3) is 3.40. The zero-order chi connectivity index (χ0) is 14.4. The number of hydrogen-bond acceptors (Lipinski definition) is 5. The highest BCUT2D eigenvalue weighted by Crippen LogP contribution is 2.06. The van der Waals surface area contributed by atoms with E-state index in [1.54, 1.807) is 19.1 Å². The predicted molar refractivity (Wildman–Crippen MR) is 72.4 cm³/mol. The lowest BCUT2D eigenvalue weighted by Crippen LogP contribution is -2.28. The molecule has 0 aliphatic rings. The highest BCUT2D eigenvalue weighted by molar-refractivity contribution is 5.92. The van der Waals surface area contributed by atoms with Crippen LogP contribution in [-0.2, 0) is 0 Å². The maximum Gasteiger partial charge on any atom is 0.270 e. The van der Waals surface area contributed by atoms with Crippen molar-refractivity contribution in [3.63, 3.8) is 0 Å². The molecule has 0 saturated carbocycles. The summed E-state index contributed by atoms with van der Waals surface area (Å²) in [6, 6.07) is 3.07. The van der Waals surface area contributed by atoms with Crippen LogP contribution in [0.4, 0.5) is 0 Å². The van der Waals surface area contributed by atoms with Crippen molar-refractivity contribution < 1.29 is 4.79 Å². The van der Waals surface area contributed by atoms with Gasteiger partial charge in [0.2, 0.25) is 0 Å². The Morgan fingerprint density at radius 1 is 1.50 bits per heavy atom. The van der Waals surface area contributed by atoms with Crippen molar-refractivity contribution in [1.82, 2.24) is 25.5 Å². The minimum atomic E-state index is -0.285. The van der Waals surface area contributed by atoms with Crippen LogP contribution in [0.25, 0.3) is 0 Å². The number of carbonyl (C=O) groups excluding carboxylic acids is 1. The lowest BCUT2D eigenvalue weighted by molar-refractivity contribution is 0.0933. The van der Waals surface area contributed by atoms with Gasteiger partial charge < -0.3 is 11.1 Å². The molecule has 0 bridgehead atoms. The van der Waals surface area contributed by atoms with E-state index >= 15 is 0 Å². The molecule has 0 aromatic carbocycles. The molecule has 7 heteroatoms. The van der Waals surface area contributed by atoms with E-state index < -0.39 is 0 Å². The third-order valence-corrected chi connectivity index (χ3v) is 2.52. The summed E-state index contributed by atoms with van der Waals surface area (Å²) < 4.78 is 0. The van der Waals surface area contributed by atoms with Crippen LogP contribution in [-0.4, -0.2) is 32.6 Å². The van der Waals surface area contributed by atoms with Gasteiger partial charge in [-0.3, -0.25) is 9.89 Å². The van der Waals surface area contributed by atoms with E-state index in [4.69, 9.17) is 5.73 Å². The molecule has 1 amide bonds. The second kappa shape index (κ2) is 6.45. The van der Waals surface area contributed by atoms with Crippen LogP contribution in [0.3, 0.4) is 0 Å². The van der Waals surface area contributed by atoms with Crippen LogP contribution in [0.15, 0.2) is 24.7 Å². The number of amides is 1. The molecule has 4 N–H and O–H groups in total. The smallest absolute Gasteiger partial charge is 0.270 e. The van der Waals surface area contributed by atoms with Gasteiger partial charge in [0.1, 0.15) is 17.8 Å². The van der Waals surface area contributed by atoms with Crippen molar-refractivity contribution in [3.05, 3.63) is 41.7 Å². The molecule has 102 valence electrons. The van der Waals surface area contributed by atoms with E-state index in [0.717, 1.165) is 5.56 Å². The van der Waals surface area contributed by atoms with Crippen molar-refractivity contribution in [2.75, 3.05) is 6.54 Å². The summed E-state index contributed by atoms with van der Waals surface area (Å²) in [7, 11) is 0. The molecule has 0 spiro atoms. The number of aromatic amines is 1. The van der Waals surface area contributed by atoms with Gasteiger partial charge in [-0.2, -0.15) is 5.10 Å². The standard InChI is InChI=1S/C13H14N6O/c1-9(12-16-8-17-19-12)18-13(20)11-5-4-10(7-15-11)3-2-6-14/h4-5,7-9H,6,14H2,1H3,(H,18,20)(H,16,17,19). The van der Waals surface area contributed by atoms with E-state index in [1.165, 1.54) is 12.5 Å². The van der Waals surface area contributed by atoms with Gasteiger partial charge in [0.15, 0.2) is 0 Å². The number of rotatable bonds is 3. The van der Waals surface area contributed by atoms with Gasteiger partial charge in [-0.25, -0.2) is 9.97 Å². The monoisotopic (exact) mass is 270 g/mol. The van der Waals surface area contributed by atoms with E-state index in [9.17, 15) is 4.79 Å². The molecule has 0 aliphatic carbocycles. The molecule has 2 rings (SSSR count). The van der Waals surface area contributed by atoms with Gasteiger partial charge in [0.05, 0.1) is 12.6 Å². The second-order valence-corrected chi connectivity index (χ2v) is 4.00. The number of pyridine rings is 1. The van der Waals surface area contributed by atoms with Gasteiger partial charge in [-0.1, -0.05) is 11.8 Å². The van der Waals surface area contributed by atoms with Gasteiger partial charge in [0, 0.05) is 11.8 Å². The van der Waals surface area contributed by atoms with E-state index in [0.29, 0.717) is 11.5 Å². The summed E-state index contributed by atoms with van der Waals surface area (Å²) >= 11 is 0. The van der Waals surface area contributed by atoms with Crippen molar-refractivity contribution in [3.8, 4) is 11.8 Å². The van der Waals surface area contributed by atoms with Crippen molar-refractivity contribution >= 4 is 5.91 Å². The first-order chi connectivity index (χ1) is 9.70. The molecule has 0 aliphatic heterocycles. The Labute approximate surface area is 116 Å². The highest BCUT2D eigenvalue weighted by Gasteiger charge is 2.14. The van der Waals surface area contributed by atoms with Crippen molar-refractivity contribution in [2.24, 2.45) is 5.73 Å². The lowest BCUT2D eigenvalue weighted by Gasteiger charge is -2.10. The fourth-order valence-electron chi connectivity index (χ4n) is 1.52. The molecule has 2 heterocycles. The maximum absolute atomic E-state index is 12.0. The fraction of sp³-hybridized carbons (Fsp3) is 0.231. The predicted octanol–water partition coefficient (Wildman–Crippen LogP) is 0.000900. The molecule has 20 heavy (non-hydrogen) atoms. The maximum atomic E-state index is 12.0. The Bertz CT molecular complexity index is 623. The van der Waals surface area contributed by atoms with Gasteiger partial charge >= 0.3 is 0 Å². The molecule has 2 aromatic heterocycles. The molecular formula is C13H14N6O. The fourth-order valence-corrected chi connectivity index (χ4v) is 1.52. The molecular weight excluding hydrogens is 256 g/mol. The Kier molecular flexibility index (Phi) is 4.42. The van der Waals surface area contributed by atoms with E-state index in [1.807, 2.05) is 0 Å². The number of H-pyrrole nitrogens is 1. The molecule has 1 atom stereocenters. The number of carbonyl (C=O) groups is 1. The first-order valence-corrected chi connectivity index (χ1v) is 6.02. The number of nitrogens with zero attached hydrogens (tertiary/aromatic N) is 3. The number of aromatic nitrogens is 4. The zero-order valence-electron chi connectivity index (χ0n) is 10.9. The van der Waals surface area contributed by atoms with Crippen LogP contribution >= 0.6 is 0 Å². The topological polar surface area (TPSA) is 110 Å². The van der Waals surface area contributed by atoms with Gasteiger partial charge in [-0.05, 0) is 19.1 Å². The lowest BCUT2D eigenvalue weighted by atomic mass is 10.2. The minimum Gasteiger partial charge on any atom is -0.341 e. The zero-order valence-corrected chi connectivity index (χ0v) is 10.9. The number of hydrogen-bond donors (Lipinski definition) is 3. The number of nitrogens with two attached hydrogens (primary N) is 1. The molecule has 0 saturated heterocycles. The van der Waals surface area contributed by atoms with Crippen LogP contribution < -0.4 is 11.1 Å². The minimum absolute atomic E-state index is 0.275. The molecule has 0 radical (unpaired) electrons. The molecule has 0 fully saturated rings. The normalized spacial score (nSPS) is 11.3. The SMILES string of the molecule is CC(NC(=O)c1ccc(C#CCN)cn1)c1ncn[nH]1. The largest absolute Gasteiger partial charge is 0.341 e. The quantitative estimate of drug-likeness (QED) is 0.680. The summed E-state index contributed by atoms with van der Waals surface area (Å²) in [5.74, 6) is 5.86. The van der Waals surface area contributed by atoms with Crippen LogP contribution in [0.5, 0.6) is 0 Å².